The first-order chi connectivity index (χ1) is 10.4. The summed E-state index contributed by atoms with van der Waals surface area (Å²) in [6, 6.07) is 0. The third-order valence-electron chi connectivity index (χ3n) is 4.82. The summed E-state index contributed by atoms with van der Waals surface area (Å²) < 4.78 is 0. The van der Waals surface area contributed by atoms with E-state index in [-0.39, 0.29) is 17.7 Å². The number of piperidine rings is 2. The molecule has 3 N–H and O–H groups in total. The number of carbonyl (C=O) groups is 2. The quantitative estimate of drug-likeness (QED) is 0.688. The Morgan fingerprint density at radius 1 is 1.27 bits per heavy atom. The van der Waals surface area contributed by atoms with E-state index in [1.54, 1.807) is 0 Å². The van der Waals surface area contributed by atoms with Crippen LogP contribution in [0.15, 0.2) is 0 Å². The van der Waals surface area contributed by atoms with Gasteiger partial charge in [0.2, 0.25) is 5.91 Å². The van der Waals surface area contributed by atoms with Gasteiger partial charge in [-0.25, -0.2) is 0 Å². The molecule has 0 aliphatic carbocycles. The number of hydrogen-bond acceptors (Lipinski definition) is 4. The first-order valence-corrected chi connectivity index (χ1v) is 8.42. The van der Waals surface area contributed by atoms with E-state index in [0.717, 1.165) is 25.9 Å². The number of nitrogens with zero attached hydrogens (tertiary/aromatic N) is 1. The maximum atomic E-state index is 12.2. The monoisotopic (exact) mass is 311 g/mol. The number of nitrogens with one attached hydrogen (secondary N) is 2. The summed E-state index contributed by atoms with van der Waals surface area (Å²) in [4.78, 5) is 26.0. The molecule has 2 aliphatic heterocycles. The van der Waals surface area contributed by atoms with Crippen molar-refractivity contribution < 1.29 is 14.7 Å². The molecule has 2 rings (SSSR count). The van der Waals surface area contributed by atoms with Crippen LogP contribution < -0.4 is 10.6 Å². The largest absolute Gasteiger partial charge is 0.380 e. The molecule has 2 heterocycles. The van der Waals surface area contributed by atoms with Gasteiger partial charge >= 0.3 is 0 Å². The smallest absolute Gasteiger partial charge is 0.252 e. The van der Waals surface area contributed by atoms with Gasteiger partial charge in [-0.05, 0) is 44.7 Å². The molecule has 0 spiro atoms. The Hall–Kier alpha value is -1.14. The van der Waals surface area contributed by atoms with Gasteiger partial charge in [0.15, 0.2) is 0 Å². The van der Waals surface area contributed by atoms with Crippen LogP contribution in [-0.2, 0) is 9.59 Å². The van der Waals surface area contributed by atoms with Gasteiger partial charge in [0, 0.05) is 25.6 Å². The minimum absolute atomic E-state index is 0.0467. The van der Waals surface area contributed by atoms with E-state index in [2.05, 4.69) is 10.6 Å². The van der Waals surface area contributed by atoms with Crippen molar-refractivity contribution in [3.8, 4) is 0 Å². The normalized spacial score (nSPS) is 22.6. The molecule has 2 saturated heterocycles. The zero-order valence-electron chi connectivity index (χ0n) is 13.7. The number of rotatable bonds is 4. The molecular weight excluding hydrogens is 282 g/mol. The summed E-state index contributed by atoms with van der Waals surface area (Å²) in [5, 5.41) is 16.4. The Morgan fingerprint density at radius 2 is 1.86 bits per heavy atom. The highest BCUT2D eigenvalue weighted by atomic mass is 16.3. The lowest BCUT2D eigenvalue weighted by Crippen LogP contribution is -2.54. The van der Waals surface area contributed by atoms with Crippen molar-refractivity contribution in [1.82, 2.24) is 15.5 Å². The molecule has 126 valence electrons. The second-order valence-electron chi connectivity index (χ2n) is 6.91. The van der Waals surface area contributed by atoms with Gasteiger partial charge < -0.3 is 20.6 Å². The van der Waals surface area contributed by atoms with E-state index in [1.807, 2.05) is 18.7 Å². The predicted octanol–water partition coefficient (Wildman–Crippen LogP) is 0.112. The lowest BCUT2D eigenvalue weighted by atomic mass is 9.90. The summed E-state index contributed by atoms with van der Waals surface area (Å²) in [7, 11) is 0. The van der Waals surface area contributed by atoms with Crippen molar-refractivity contribution in [2.75, 3.05) is 32.7 Å². The molecule has 0 aromatic heterocycles. The number of hydrogen-bond donors (Lipinski definition) is 3. The van der Waals surface area contributed by atoms with Gasteiger partial charge in [0.05, 0.1) is 0 Å². The van der Waals surface area contributed by atoms with E-state index >= 15 is 0 Å². The van der Waals surface area contributed by atoms with Gasteiger partial charge in [-0.2, -0.15) is 0 Å². The van der Waals surface area contributed by atoms with E-state index in [1.165, 1.54) is 0 Å². The number of aliphatic hydroxyl groups is 1. The number of amides is 2. The summed E-state index contributed by atoms with van der Waals surface area (Å²) in [6.45, 7) is 7.34. The van der Waals surface area contributed by atoms with Gasteiger partial charge in [0.25, 0.3) is 5.91 Å². The zero-order chi connectivity index (χ0) is 16.2. The van der Waals surface area contributed by atoms with Crippen LogP contribution in [0.1, 0.15) is 39.5 Å². The molecule has 0 atom stereocenters. The molecule has 6 nitrogen and oxygen atoms in total. The van der Waals surface area contributed by atoms with Crippen LogP contribution in [0.2, 0.25) is 0 Å². The van der Waals surface area contributed by atoms with Crippen LogP contribution in [-0.4, -0.2) is 60.1 Å². The summed E-state index contributed by atoms with van der Waals surface area (Å²) in [6.07, 6.45) is 2.78. The number of likely N-dealkylation sites (tertiary alicyclic amines) is 1. The highest BCUT2D eigenvalue weighted by Crippen LogP contribution is 2.20. The van der Waals surface area contributed by atoms with Crippen LogP contribution in [0.5, 0.6) is 0 Å². The summed E-state index contributed by atoms with van der Waals surface area (Å²) in [5.74, 6) is 0.414. The maximum absolute atomic E-state index is 12.2. The van der Waals surface area contributed by atoms with Crippen LogP contribution >= 0.6 is 0 Å². The van der Waals surface area contributed by atoms with Gasteiger partial charge in [-0.15, -0.1) is 0 Å². The van der Waals surface area contributed by atoms with Crippen molar-refractivity contribution in [3.05, 3.63) is 0 Å². The van der Waals surface area contributed by atoms with E-state index in [4.69, 9.17) is 0 Å². The molecule has 2 aliphatic rings. The topological polar surface area (TPSA) is 81.7 Å². The molecule has 0 bridgehead atoms. The Bertz CT molecular complexity index is 397. The second-order valence-corrected chi connectivity index (χ2v) is 6.91. The molecule has 0 radical (unpaired) electrons. The minimum Gasteiger partial charge on any atom is -0.380 e. The predicted molar refractivity (Wildman–Crippen MR) is 84.2 cm³/mol. The first-order valence-electron chi connectivity index (χ1n) is 8.42. The Labute approximate surface area is 132 Å². The molecule has 6 heteroatoms. The molecular formula is C16H29N3O3. The fraction of sp³-hybridized carbons (Fsp3) is 0.875. The first kappa shape index (κ1) is 17.2. The van der Waals surface area contributed by atoms with Crippen molar-refractivity contribution in [2.24, 2.45) is 11.8 Å². The van der Waals surface area contributed by atoms with Crippen LogP contribution in [0.4, 0.5) is 0 Å². The van der Waals surface area contributed by atoms with Crippen LogP contribution in [0.3, 0.4) is 0 Å². The van der Waals surface area contributed by atoms with Crippen molar-refractivity contribution in [1.29, 1.82) is 0 Å². The molecule has 2 amide bonds. The Kier molecular flexibility index (Phi) is 5.81. The van der Waals surface area contributed by atoms with Gasteiger partial charge in [-0.3, -0.25) is 9.59 Å². The van der Waals surface area contributed by atoms with Gasteiger partial charge in [-0.1, -0.05) is 13.8 Å². The van der Waals surface area contributed by atoms with Crippen LogP contribution in [0.25, 0.3) is 0 Å². The zero-order valence-corrected chi connectivity index (χ0v) is 13.7. The summed E-state index contributed by atoms with van der Waals surface area (Å²) >= 11 is 0. The lowest BCUT2D eigenvalue weighted by molar-refractivity contribution is -0.143. The van der Waals surface area contributed by atoms with E-state index < -0.39 is 5.60 Å². The fourth-order valence-corrected chi connectivity index (χ4v) is 3.19. The molecule has 0 aromatic carbocycles. The average molecular weight is 311 g/mol. The molecule has 0 unspecified atom stereocenters. The van der Waals surface area contributed by atoms with E-state index in [0.29, 0.717) is 38.4 Å². The minimum atomic E-state index is -1.21. The third kappa shape index (κ3) is 4.20. The van der Waals surface area contributed by atoms with E-state index in [9.17, 15) is 14.7 Å². The van der Waals surface area contributed by atoms with Crippen molar-refractivity contribution >= 4 is 11.8 Å². The van der Waals surface area contributed by atoms with Gasteiger partial charge in [0.1, 0.15) is 5.60 Å². The number of carbonyl (C=O) groups excluding carboxylic acids is 2. The summed E-state index contributed by atoms with van der Waals surface area (Å²) in [5.41, 5.74) is -1.21. The highest BCUT2D eigenvalue weighted by Gasteiger charge is 2.37. The third-order valence-corrected chi connectivity index (χ3v) is 4.82. The standard InChI is InChI=1S/C16H29N3O3/c1-12(2)14(20)19-9-3-13(4-10-19)11-18-15(21)16(22)5-7-17-8-6-16/h12-13,17,22H,3-11H2,1-2H3,(H,18,21). The SMILES string of the molecule is CC(C)C(=O)N1CCC(CNC(=O)C2(O)CCNCC2)CC1. The fourth-order valence-electron chi connectivity index (χ4n) is 3.19. The van der Waals surface area contributed by atoms with Crippen molar-refractivity contribution in [3.63, 3.8) is 0 Å². The van der Waals surface area contributed by atoms with Crippen LogP contribution in [0, 0.1) is 11.8 Å². The van der Waals surface area contributed by atoms with Crippen molar-refractivity contribution in [2.45, 2.75) is 45.1 Å². The molecule has 2 fully saturated rings. The Morgan fingerprint density at radius 3 is 2.41 bits per heavy atom. The maximum Gasteiger partial charge on any atom is 0.252 e. The lowest BCUT2D eigenvalue weighted by Gasteiger charge is -2.35. The molecule has 22 heavy (non-hydrogen) atoms. The molecule has 0 saturated carbocycles. The highest BCUT2D eigenvalue weighted by molar-refractivity contribution is 5.85. The Balaban J connectivity index is 1.72. The second kappa shape index (κ2) is 7.42. The average Bonchev–Trinajstić information content (AvgIpc) is 2.53. The molecule has 0 aromatic rings.